The van der Waals surface area contributed by atoms with Gasteiger partial charge in [0.25, 0.3) is 0 Å². The molecule has 1 aliphatic rings. The van der Waals surface area contributed by atoms with Crippen molar-refractivity contribution >= 4 is 11.3 Å². The third kappa shape index (κ3) is 1.68. The van der Waals surface area contributed by atoms with E-state index in [1.165, 1.54) is 10.4 Å². The van der Waals surface area contributed by atoms with Crippen molar-refractivity contribution in [3.8, 4) is 0 Å². The summed E-state index contributed by atoms with van der Waals surface area (Å²) in [5, 5.41) is 5.64. The van der Waals surface area contributed by atoms with E-state index < -0.39 is 0 Å². The van der Waals surface area contributed by atoms with E-state index in [4.69, 9.17) is 4.74 Å². The fourth-order valence-corrected chi connectivity index (χ4v) is 2.18. The molecular formula is C9H13NOS. The Morgan fingerprint density at radius 3 is 3.17 bits per heavy atom. The van der Waals surface area contributed by atoms with E-state index >= 15 is 0 Å². The number of rotatable bonds is 1. The van der Waals surface area contributed by atoms with E-state index in [0.29, 0.717) is 6.04 Å². The predicted octanol–water partition coefficient (Wildman–Crippen LogP) is 1.72. The summed E-state index contributed by atoms with van der Waals surface area (Å²) < 4.78 is 5.39. The first-order valence-corrected chi connectivity index (χ1v) is 5.10. The van der Waals surface area contributed by atoms with Gasteiger partial charge in [-0.15, -0.1) is 11.3 Å². The van der Waals surface area contributed by atoms with Crippen molar-refractivity contribution in [3.05, 3.63) is 21.9 Å². The van der Waals surface area contributed by atoms with E-state index in [1.807, 2.05) is 0 Å². The molecule has 2 heterocycles. The molecular weight excluding hydrogens is 170 g/mol. The average Bonchev–Trinajstić information content (AvgIpc) is 2.54. The normalized spacial score (nSPS) is 24.2. The Balaban J connectivity index is 2.08. The highest BCUT2D eigenvalue weighted by Gasteiger charge is 2.15. The van der Waals surface area contributed by atoms with Gasteiger partial charge in [-0.2, -0.15) is 0 Å². The lowest BCUT2D eigenvalue weighted by Crippen LogP contribution is -2.34. The molecule has 1 aromatic heterocycles. The molecule has 0 bridgehead atoms. The number of hydrogen-bond acceptors (Lipinski definition) is 3. The zero-order valence-corrected chi connectivity index (χ0v) is 7.99. The fourth-order valence-electron chi connectivity index (χ4n) is 1.43. The van der Waals surface area contributed by atoms with Gasteiger partial charge < -0.3 is 10.1 Å². The first kappa shape index (κ1) is 8.23. The standard InChI is InChI=1S/C9H13NOS/c1-7-4-8(6-12-7)9-5-11-3-2-10-9/h4,6,9-10H,2-3,5H2,1H3. The number of hydrogen-bond donors (Lipinski definition) is 1. The van der Waals surface area contributed by atoms with Crippen LogP contribution in [0.4, 0.5) is 0 Å². The minimum atomic E-state index is 0.420. The number of morpholine rings is 1. The Morgan fingerprint density at radius 2 is 2.58 bits per heavy atom. The van der Waals surface area contributed by atoms with Gasteiger partial charge in [0.15, 0.2) is 0 Å². The smallest absolute Gasteiger partial charge is 0.0662 e. The van der Waals surface area contributed by atoms with Crippen LogP contribution in [0, 0.1) is 6.92 Å². The van der Waals surface area contributed by atoms with Crippen molar-refractivity contribution in [3.63, 3.8) is 0 Å². The lowest BCUT2D eigenvalue weighted by Gasteiger charge is -2.22. The summed E-state index contributed by atoms with van der Waals surface area (Å²) in [5.74, 6) is 0. The summed E-state index contributed by atoms with van der Waals surface area (Å²) in [7, 11) is 0. The van der Waals surface area contributed by atoms with Crippen molar-refractivity contribution in [1.29, 1.82) is 0 Å². The molecule has 2 nitrogen and oxygen atoms in total. The van der Waals surface area contributed by atoms with Gasteiger partial charge in [0.2, 0.25) is 0 Å². The number of ether oxygens (including phenoxy) is 1. The molecule has 1 atom stereocenters. The molecule has 1 fully saturated rings. The van der Waals surface area contributed by atoms with Crippen LogP contribution in [0.15, 0.2) is 11.4 Å². The van der Waals surface area contributed by atoms with Crippen molar-refractivity contribution < 1.29 is 4.74 Å². The van der Waals surface area contributed by atoms with Crippen LogP contribution >= 0.6 is 11.3 Å². The van der Waals surface area contributed by atoms with Crippen LogP contribution in [0.1, 0.15) is 16.5 Å². The molecule has 3 heteroatoms. The third-order valence-corrected chi connectivity index (χ3v) is 2.95. The first-order chi connectivity index (χ1) is 5.86. The first-order valence-electron chi connectivity index (χ1n) is 4.22. The molecule has 0 spiro atoms. The topological polar surface area (TPSA) is 21.3 Å². The van der Waals surface area contributed by atoms with Gasteiger partial charge >= 0.3 is 0 Å². The maximum atomic E-state index is 5.39. The molecule has 0 aliphatic carbocycles. The van der Waals surface area contributed by atoms with Crippen LogP contribution in [0.5, 0.6) is 0 Å². The van der Waals surface area contributed by atoms with Gasteiger partial charge in [-0.05, 0) is 23.9 Å². The maximum absolute atomic E-state index is 5.39. The second-order valence-corrected chi connectivity index (χ2v) is 4.19. The number of aryl methyl sites for hydroxylation is 1. The van der Waals surface area contributed by atoms with Crippen molar-refractivity contribution in [1.82, 2.24) is 5.32 Å². The van der Waals surface area contributed by atoms with Crippen LogP contribution in [0.2, 0.25) is 0 Å². The Bertz CT molecular complexity index is 253. The predicted molar refractivity (Wildman–Crippen MR) is 50.6 cm³/mol. The third-order valence-electron chi connectivity index (χ3n) is 2.07. The highest BCUT2D eigenvalue weighted by Crippen LogP contribution is 2.21. The minimum absolute atomic E-state index is 0.420. The highest BCUT2D eigenvalue weighted by atomic mass is 32.1. The number of nitrogens with one attached hydrogen (secondary N) is 1. The van der Waals surface area contributed by atoms with Gasteiger partial charge in [-0.1, -0.05) is 0 Å². The molecule has 0 aromatic carbocycles. The molecule has 2 rings (SSSR count). The Labute approximate surface area is 76.6 Å². The average molecular weight is 183 g/mol. The highest BCUT2D eigenvalue weighted by molar-refractivity contribution is 7.10. The summed E-state index contributed by atoms with van der Waals surface area (Å²) in [6.45, 7) is 4.77. The number of thiophene rings is 1. The van der Waals surface area contributed by atoms with Crippen LogP contribution in [0.25, 0.3) is 0 Å². The zero-order valence-electron chi connectivity index (χ0n) is 7.17. The van der Waals surface area contributed by atoms with Crippen LogP contribution in [-0.2, 0) is 4.74 Å². The molecule has 0 radical (unpaired) electrons. The van der Waals surface area contributed by atoms with Gasteiger partial charge in [0, 0.05) is 11.4 Å². The van der Waals surface area contributed by atoms with E-state index in [1.54, 1.807) is 11.3 Å². The fraction of sp³-hybridized carbons (Fsp3) is 0.556. The summed E-state index contributed by atoms with van der Waals surface area (Å²) >= 11 is 1.80. The summed E-state index contributed by atoms with van der Waals surface area (Å²) in [6.07, 6.45) is 0. The molecule has 1 unspecified atom stereocenters. The molecule has 1 N–H and O–H groups in total. The van der Waals surface area contributed by atoms with Gasteiger partial charge in [0.05, 0.1) is 19.3 Å². The lowest BCUT2D eigenvalue weighted by atomic mass is 10.1. The van der Waals surface area contributed by atoms with Crippen LogP contribution in [0.3, 0.4) is 0 Å². The summed E-state index contributed by atoms with van der Waals surface area (Å²) in [5.41, 5.74) is 1.37. The SMILES string of the molecule is Cc1cc(C2COCCN2)cs1. The van der Waals surface area contributed by atoms with Crippen molar-refractivity contribution in [2.45, 2.75) is 13.0 Å². The molecule has 12 heavy (non-hydrogen) atoms. The summed E-state index contributed by atoms with van der Waals surface area (Å²) in [6, 6.07) is 2.65. The van der Waals surface area contributed by atoms with Gasteiger partial charge in [-0.3, -0.25) is 0 Å². The Morgan fingerprint density at radius 1 is 1.67 bits per heavy atom. The van der Waals surface area contributed by atoms with Gasteiger partial charge in [0.1, 0.15) is 0 Å². The largest absolute Gasteiger partial charge is 0.378 e. The van der Waals surface area contributed by atoms with Gasteiger partial charge in [-0.25, -0.2) is 0 Å². The van der Waals surface area contributed by atoms with E-state index in [-0.39, 0.29) is 0 Å². The quantitative estimate of drug-likeness (QED) is 0.715. The van der Waals surface area contributed by atoms with Crippen LogP contribution < -0.4 is 5.32 Å². The molecule has 66 valence electrons. The van der Waals surface area contributed by atoms with E-state index in [0.717, 1.165) is 19.8 Å². The lowest BCUT2D eigenvalue weighted by molar-refractivity contribution is 0.0770. The molecule has 1 aliphatic heterocycles. The van der Waals surface area contributed by atoms with Crippen molar-refractivity contribution in [2.24, 2.45) is 0 Å². The molecule has 0 amide bonds. The van der Waals surface area contributed by atoms with Crippen LogP contribution in [-0.4, -0.2) is 19.8 Å². The van der Waals surface area contributed by atoms with Crippen molar-refractivity contribution in [2.75, 3.05) is 19.8 Å². The molecule has 1 saturated heterocycles. The molecule has 0 saturated carbocycles. The second kappa shape index (κ2) is 3.56. The summed E-state index contributed by atoms with van der Waals surface area (Å²) in [4.78, 5) is 1.37. The van der Waals surface area contributed by atoms with E-state index in [2.05, 4.69) is 23.7 Å². The zero-order chi connectivity index (χ0) is 8.39. The Hall–Kier alpha value is -0.380. The minimum Gasteiger partial charge on any atom is -0.378 e. The monoisotopic (exact) mass is 183 g/mol. The molecule has 1 aromatic rings. The van der Waals surface area contributed by atoms with E-state index in [9.17, 15) is 0 Å². The second-order valence-electron chi connectivity index (χ2n) is 3.07. The Kier molecular flexibility index (Phi) is 2.44. The maximum Gasteiger partial charge on any atom is 0.0662 e.